The zero-order valence-electron chi connectivity index (χ0n) is 19.1. The summed E-state index contributed by atoms with van der Waals surface area (Å²) in [5.74, 6) is 0.695. The van der Waals surface area contributed by atoms with E-state index in [1.54, 1.807) is 0 Å². The number of aromatic amines is 1. The molecule has 0 aliphatic carbocycles. The highest BCUT2D eigenvalue weighted by molar-refractivity contribution is 5.91. The fraction of sp³-hybridized carbons (Fsp3) is 0.519. The van der Waals surface area contributed by atoms with Crippen LogP contribution < -0.4 is 0 Å². The van der Waals surface area contributed by atoms with Gasteiger partial charge in [0, 0.05) is 40.6 Å². The van der Waals surface area contributed by atoms with E-state index in [2.05, 4.69) is 63.9 Å². The summed E-state index contributed by atoms with van der Waals surface area (Å²) in [5, 5.41) is 1.40. The van der Waals surface area contributed by atoms with Gasteiger partial charge < -0.3 is 14.8 Å². The smallest absolute Gasteiger partial charge is 0.0498 e. The Hall–Kier alpha value is -2.17. The molecular formula is C27H36N4. The number of nitrogens with zero attached hydrogens (tertiary/aromatic N) is 3. The third kappa shape index (κ3) is 4.16. The van der Waals surface area contributed by atoms with E-state index >= 15 is 0 Å². The summed E-state index contributed by atoms with van der Waals surface area (Å²) in [5.41, 5.74) is 6.70. The van der Waals surface area contributed by atoms with Gasteiger partial charge in [0.15, 0.2) is 0 Å². The van der Waals surface area contributed by atoms with Gasteiger partial charge in [0.05, 0.1) is 0 Å². The third-order valence-electron chi connectivity index (χ3n) is 7.77. The highest BCUT2D eigenvalue weighted by atomic mass is 15.2. The van der Waals surface area contributed by atoms with Crippen LogP contribution in [0.3, 0.4) is 0 Å². The van der Waals surface area contributed by atoms with Crippen molar-refractivity contribution in [3.8, 4) is 11.3 Å². The second kappa shape index (κ2) is 9.13. The van der Waals surface area contributed by atoms with Crippen molar-refractivity contribution in [2.24, 2.45) is 0 Å². The van der Waals surface area contributed by atoms with E-state index in [9.17, 15) is 0 Å². The standard InChI is InChI=1S/C27H36N4/c1-3-24-25-19-22(5-6-26(25)29-27(24)21-7-13-28-14-8-21)20-9-17-31(18-10-20)23-11-15-30(4-2)16-12-23/h5-8,13-14,19-20,23,29H,3-4,9-12,15-18H2,1-2H3. The first kappa shape index (κ1) is 20.7. The van der Waals surface area contributed by atoms with Gasteiger partial charge in [0.1, 0.15) is 0 Å². The number of aromatic nitrogens is 2. The van der Waals surface area contributed by atoms with Gasteiger partial charge in [-0.05, 0) is 106 Å². The van der Waals surface area contributed by atoms with Gasteiger partial charge in [0.25, 0.3) is 0 Å². The molecule has 1 N–H and O–H groups in total. The first-order chi connectivity index (χ1) is 15.3. The van der Waals surface area contributed by atoms with Crippen LogP contribution in [0.25, 0.3) is 22.2 Å². The average molecular weight is 417 g/mol. The van der Waals surface area contributed by atoms with Gasteiger partial charge in [-0.1, -0.05) is 19.9 Å². The number of likely N-dealkylation sites (tertiary alicyclic amines) is 2. The van der Waals surface area contributed by atoms with Crippen LogP contribution in [-0.2, 0) is 6.42 Å². The molecule has 0 atom stereocenters. The first-order valence-corrected chi connectivity index (χ1v) is 12.3. The summed E-state index contributed by atoms with van der Waals surface area (Å²) in [4.78, 5) is 13.3. The maximum Gasteiger partial charge on any atom is 0.0498 e. The molecule has 5 rings (SSSR count). The topological polar surface area (TPSA) is 35.2 Å². The Morgan fingerprint density at radius 2 is 1.68 bits per heavy atom. The lowest BCUT2D eigenvalue weighted by molar-refractivity contribution is 0.0895. The fourth-order valence-electron chi connectivity index (χ4n) is 5.85. The van der Waals surface area contributed by atoms with E-state index in [1.807, 2.05) is 12.4 Å². The predicted molar refractivity (Wildman–Crippen MR) is 130 cm³/mol. The van der Waals surface area contributed by atoms with E-state index in [0.717, 1.165) is 12.5 Å². The fourth-order valence-corrected chi connectivity index (χ4v) is 5.85. The second-order valence-electron chi connectivity index (χ2n) is 9.35. The number of H-pyrrole nitrogens is 1. The van der Waals surface area contributed by atoms with Crippen molar-refractivity contribution in [1.82, 2.24) is 19.8 Å². The summed E-state index contributed by atoms with van der Waals surface area (Å²) in [7, 11) is 0. The quantitative estimate of drug-likeness (QED) is 0.600. The van der Waals surface area contributed by atoms with Crippen molar-refractivity contribution in [3.63, 3.8) is 0 Å². The monoisotopic (exact) mass is 416 g/mol. The molecule has 1 aromatic carbocycles. The minimum Gasteiger partial charge on any atom is -0.354 e. The van der Waals surface area contributed by atoms with Gasteiger partial charge in [-0.2, -0.15) is 0 Å². The van der Waals surface area contributed by atoms with Gasteiger partial charge in [0.2, 0.25) is 0 Å². The average Bonchev–Trinajstić information content (AvgIpc) is 3.22. The highest BCUT2D eigenvalue weighted by Gasteiger charge is 2.28. The van der Waals surface area contributed by atoms with Crippen LogP contribution in [0.1, 0.15) is 56.6 Å². The second-order valence-corrected chi connectivity index (χ2v) is 9.35. The molecule has 0 radical (unpaired) electrons. The van der Waals surface area contributed by atoms with E-state index in [4.69, 9.17) is 0 Å². The number of nitrogens with one attached hydrogen (secondary N) is 1. The first-order valence-electron chi connectivity index (χ1n) is 12.3. The van der Waals surface area contributed by atoms with Gasteiger partial charge in [-0.15, -0.1) is 0 Å². The highest BCUT2D eigenvalue weighted by Crippen LogP contribution is 2.36. The summed E-state index contributed by atoms with van der Waals surface area (Å²) in [6, 6.07) is 12.2. The van der Waals surface area contributed by atoms with Crippen LogP contribution in [0, 0.1) is 0 Å². The summed E-state index contributed by atoms with van der Waals surface area (Å²) in [6.07, 6.45) is 10.1. The van der Waals surface area contributed by atoms with E-state index in [0.29, 0.717) is 5.92 Å². The minimum absolute atomic E-state index is 0.695. The van der Waals surface area contributed by atoms with Crippen molar-refractivity contribution < 1.29 is 0 Å². The summed E-state index contributed by atoms with van der Waals surface area (Å²) in [6.45, 7) is 10.8. The number of hydrogen-bond donors (Lipinski definition) is 1. The summed E-state index contributed by atoms with van der Waals surface area (Å²) < 4.78 is 0. The largest absolute Gasteiger partial charge is 0.354 e. The Balaban J connectivity index is 1.31. The Bertz CT molecular complexity index is 993. The van der Waals surface area contributed by atoms with Crippen molar-refractivity contribution >= 4 is 10.9 Å². The van der Waals surface area contributed by atoms with Crippen molar-refractivity contribution in [1.29, 1.82) is 0 Å². The Kier molecular flexibility index (Phi) is 6.10. The molecule has 2 aliphatic rings. The van der Waals surface area contributed by atoms with Gasteiger partial charge in [-0.25, -0.2) is 0 Å². The maximum atomic E-state index is 4.18. The molecule has 2 saturated heterocycles. The molecule has 0 amide bonds. The van der Waals surface area contributed by atoms with Crippen LogP contribution in [0.5, 0.6) is 0 Å². The molecule has 0 spiro atoms. The lowest BCUT2D eigenvalue weighted by Crippen LogP contribution is -2.47. The molecule has 0 bridgehead atoms. The Morgan fingerprint density at radius 3 is 2.35 bits per heavy atom. The normalized spacial score (nSPS) is 19.9. The molecule has 2 aromatic heterocycles. The molecule has 4 heteroatoms. The zero-order valence-corrected chi connectivity index (χ0v) is 19.1. The maximum absolute atomic E-state index is 4.18. The van der Waals surface area contributed by atoms with Crippen LogP contribution in [-0.4, -0.2) is 58.5 Å². The van der Waals surface area contributed by atoms with E-state index < -0.39 is 0 Å². The predicted octanol–water partition coefficient (Wildman–Crippen LogP) is 5.46. The van der Waals surface area contributed by atoms with E-state index in [1.165, 1.54) is 91.7 Å². The number of pyridine rings is 1. The molecule has 2 aliphatic heterocycles. The number of fused-ring (bicyclic) bond motifs is 1. The number of hydrogen-bond acceptors (Lipinski definition) is 3. The van der Waals surface area contributed by atoms with Crippen molar-refractivity contribution in [2.45, 2.75) is 57.9 Å². The van der Waals surface area contributed by atoms with Crippen molar-refractivity contribution in [3.05, 3.63) is 53.9 Å². The van der Waals surface area contributed by atoms with Crippen molar-refractivity contribution in [2.75, 3.05) is 32.7 Å². The van der Waals surface area contributed by atoms with Crippen LogP contribution in [0.2, 0.25) is 0 Å². The van der Waals surface area contributed by atoms with Crippen LogP contribution in [0.15, 0.2) is 42.7 Å². The molecule has 0 unspecified atom stereocenters. The van der Waals surface area contributed by atoms with Crippen LogP contribution in [0.4, 0.5) is 0 Å². The van der Waals surface area contributed by atoms with Crippen LogP contribution >= 0.6 is 0 Å². The molecular weight excluding hydrogens is 380 g/mol. The zero-order chi connectivity index (χ0) is 21.2. The molecule has 31 heavy (non-hydrogen) atoms. The number of rotatable bonds is 5. The molecule has 4 nitrogen and oxygen atoms in total. The SMILES string of the molecule is CCc1c(-c2ccncc2)[nH]c2ccc(C3CCN(C4CCN(CC)CC4)CC3)cc12. The molecule has 3 aromatic rings. The minimum atomic E-state index is 0.695. The Labute approximate surface area is 186 Å². The van der Waals surface area contributed by atoms with E-state index in [-0.39, 0.29) is 0 Å². The van der Waals surface area contributed by atoms with Gasteiger partial charge in [-0.3, -0.25) is 4.98 Å². The number of benzene rings is 1. The van der Waals surface area contributed by atoms with Gasteiger partial charge >= 0.3 is 0 Å². The third-order valence-corrected chi connectivity index (χ3v) is 7.77. The number of aryl methyl sites for hydroxylation is 1. The molecule has 0 saturated carbocycles. The lowest BCUT2D eigenvalue weighted by Gasteiger charge is -2.41. The molecule has 164 valence electrons. The summed E-state index contributed by atoms with van der Waals surface area (Å²) >= 11 is 0. The number of piperidine rings is 2. The molecule has 2 fully saturated rings. The molecule has 4 heterocycles. The Morgan fingerprint density at radius 1 is 0.935 bits per heavy atom. The lowest BCUT2D eigenvalue weighted by atomic mass is 9.87.